The van der Waals surface area contributed by atoms with Crippen LogP contribution in [-0.4, -0.2) is 0 Å². The van der Waals surface area contributed by atoms with Gasteiger partial charge in [0.1, 0.15) is 0 Å². The summed E-state index contributed by atoms with van der Waals surface area (Å²) >= 11 is 1.82. The summed E-state index contributed by atoms with van der Waals surface area (Å²) in [6.07, 6.45) is 0. The number of hydrogen-bond donors (Lipinski definition) is 1. The Bertz CT molecular complexity index is 255. The Morgan fingerprint density at radius 2 is 1.92 bits per heavy atom. The first kappa shape index (κ1) is 9.75. The molecule has 0 fully saturated rings. The minimum Gasteiger partial charge on any atom is -0.324 e. The van der Waals surface area contributed by atoms with Crippen LogP contribution in [0, 0.1) is 0 Å². The average molecular weight is 183 g/mol. The summed E-state index contributed by atoms with van der Waals surface area (Å²) in [5, 5.41) is 0. The van der Waals surface area contributed by atoms with Crippen LogP contribution in [0.4, 0.5) is 0 Å². The van der Waals surface area contributed by atoms with E-state index < -0.39 is 0 Å². The molecular formula is C10H17NS. The Labute approximate surface area is 78.6 Å². The molecule has 1 rings (SSSR count). The zero-order chi connectivity index (χ0) is 9.35. The molecule has 0 bridgehead atoms. The van der Waals surface area contributed by atoms with Crippen LogP contribution in [0.1, 0.15) is 43.5 Å². The number of thiophene rings is 1. The van der Waals surface area contributed by atoms with Gasteiger partial charge in [0, 0.05) is 15.8 Å². The highest BCUT2D eigenvalue weighted by molar-refractivity contribution is 7.12. The zero-order valence-corrected chi connectivity index (χ0v) is 9.03. The van der Waals surface area contributed by atoms with Crippen molar-refractivity contribution in [1.82, 2.24) is 0 Å². The Kier molecular flexibility index (Phi) is 2.59. The summed E-state index contributed by atoms with van der Waals surface area (Å²) in [6.45, 7) is 8.70. The van der Waals surface area contributed by atoms with Crippen LogP contribution in [0.3, 0.4) is 0 Å². The van der Waals surface area contributed by atoms with Crippen LogP contribution >= 0.6 is 11.3 Å². The molecule has 2 heteroatoms. The molecular weight excluding hydrogens is 166 g/mol. The third kappa shape index (κ3) is 2.08. The molecule has 12 heavy (non-hydrogen) atoms. The van der Waals surface area contributed by atoms with Crippen molar-refractivity contribution in [1.29, 1.82) is 0 Å². The van der Waals surface area contributed by atoms with E-state index in [4.69, 9.17) is 5.73 Å². The molecule has 1 heterocycles. The topological polar surface area (TPSA) is 26.0 Å². The molecule has 0 aliphatic heterocycles. The number of hydrogen-bond acceptors (Lipinski definition) is 2. The zero-order valence-electron chi connectivity index (χ0n) is 8.22. The Morgan fingerprint density at radius 1 is 1.33 bits per heavy atom. The highest BCUT2D eigenvalue weighted by atomic mass is 32.1. The summed E-state index contributed by atoms with van der Waals surface area (Å²) in [6, 6.07) is 4.49. The van der Waals surface area contributed by atoms with Gasteiger partial charge in [0.2, 0.25) is 0 Å². The van der Waals surface area contributed by atoms with Crippen LogP contribution in [-0.2, 0) is 5.41 Å². The molecule has 0 aromatic carbocycles. The average Bonchev–Trinajstić information content (AvgIpc) is 2.30. The van der Waals surface area contributed by atoms with Gasteiger partial charge in [0.15, 0.2) is 0 Å². The van der Waals surface area contributed by atoms with E-state index >= 15 is 0 Å². The van der Waals surface area contributed by atoms with Gasteiger partial charge in [-0.05, 0) is 24.5 Å². The quantitative estimate of drug-likeness (QED) is 0.711. The molecule has 0 spiro atoms. The third-order valence-electron chi connectivity index (χ3n) is 1.81. The predicted molar refractivity (Wildman–Crippen MR) is 55.6 cm³/mol. The van der Waals surface area contributed by atoms with Crippen molar-refractivity contribution >= 4 is 11.3 Å². The maximum absolute atomic E-state index is 5.78. The van der Waals surface area contributed by atoms with E-state index in [0.717, 1.165) is 0 Å². The Morgan fingerprint density at radius 3 is 2.17 bits per heavy atom. The van der Waals surface area contributed by atoms with Crippen molar-refractivity contribution in [3.8, 4) is 0 Å². The molecule has 1 atom stereocenters. The SMILES string of the molecule is C[C@@H](N)c1ccc(C(C)(C)C)s1. The highest BCUT2D eigenvalue weighted by Gasteiger charge is 2.16. The van der Waals surface area contributed by atoms with Crippen LogP contribution in [0.5, 0.6) is 0 Å². The summed E-state index contributed by atoms with van der Waals surface area (Å²) < 4.78 is 0. The van der Waals surface area contributed by atoms with Gasteiger partial charge in [-0.15, -0.1) is 11.3 Å². The first-order valence-electron chi connectivity index (χ1n) is 4.27. The molecule has 1 nitrogen and oxygen atoms in total. The van der Waals surface area contributed by atoms with Crippen molar-refractivity contribution in [2.45, 2.75) is 39.2 Å². The lowest BCUT2D eigenvalue weighted by molar-refractivity contribution is 0.604. The maximum Gasteiger partial charge on any atom is 0.0361 e. The largest absolute Gasteiger partial charge is 0.324 e. The fourth-order valence-electron chi connectivity index (χ4n) is 1.00. The van der Waals surface area contributed by atoms with E-state index in [1.54, 1.807) is 0 Å². The van der Waals surface area contributed by atoms with Gasteiger partial charge in [-0.2, -0.15) is 0 Å². The Balaban J connectivity index is 2.92. The predicted octanol–water partition coefficient (Wildman–Crippen LogP) is 3.07. The van der Waals surface area contributed by atoms with Crippen molar-refractivity contribution in [2.75, 3.05) is 0 Å². The maximum atomic E-state index is 5.78. The van der Waals surface area contributed by atoms with E-state index in [9.17, 15) is 0 Å². The van der Waals surface area contributed by atoms with Gasteiger partial charge in [-0.25, -0.2) is 0 Å². The lowest BCUT2D eigenvalue weighted by Gasteiger charge is -2.15. The molecule has 0 aliphatic rings. The second-order valence-corrected chi connectivity index (χ2v) is 5.36. The third-order valence-corrected chi connectivity index (χ3v) is 3.53. The van der Waals surface area contributed by atoms with Crippen LogP contribution in [0.25, 0.3) is 0 Å². The molecule has 0 aliphatic carbocycles. The van der Waals surface area contributed by atoms with Crippen LogP contribution < -0.4 is 5.73 Å². The molecule has 0 saturated carbocycles. The normalized spacial score (nSPS) is 14.8. The molecule has 0 saturated heterocycles. The van der Waals surface area contributed by atoms with Gasteiger partial charge in [-0.1, -0.05) is 20.8 Å². The van der Waals surface area contributed by atoms with Crippen LogP contribution in [0.2, 0.25) is 0 Å². The number of nitrogens with two attached hydrogens (primary N) is 1. The van der Waals surface area contributed by atoms with E-state index in [1.807, 2.05) is 18.3 Å². The van der Waals surface area contributed by atoms with Crippen LogP contribution in [0.15, 0.2) is 12.1 Å². The monoisotopic (exact) mass is 183 g/mol. The van der Waals surface area contributed by atoms with Crippen molar-refractivity contribution in [2.24, 2.45) is 5.73 Å². The molecule has 0 amide bonds. The fraction of sp³-hybridized carbons (Fsp3) is 0.600. The lowest BCUT2D eigenvalue weighted by Crippen LogP contribution is -2.08. The highest BCUT2D eigenvalue weighted by Crippen LogP contribution is 2.31. The van der Waals surface area contributed by atoms with Gasteiger partial charge >= 0.3 is 0 Å². The summed E-state index contributed by atoms with van der Waals surface area (Å²) in [4.78, 5) is 2.69. The summed E-state index contributed by atoms with van der Waals surface area (Å²) in [5.74, 6) is 0. The second kappa shape index (κ2) is 3.19. The fourth-order valence-corrected chi connectivity index (χ4v) is 2.02. The van der Waals surface area contributed by atoms with Crippen molar-refractivity contribution in [3.63, 3.8) is 0 Å². The van der Waals surface area contributed by atoms with E-state index in [-0.39, 0.29) is 11.5 Å². The molecule has 2 N–H and O–H groups in total. The second-order valence-electron chi connectivity index (χ2n) is 4.24. The smallest absolute Gasteiger partial charge is 0.0361 e. The lowest BCUT2D eigenvalue weighted by atomic mass is 9.95. The van der Waals surface area contributed by atoms with E-state index in [1.165, 1.54) is 9.75 Å². The summed E-state index contributed by atoms with van der Waals surface area (Å²) in [7, 11) is 0. The first-order valence-corrected chi connectivity index (χ1v) is 5.08. The van der Waals surface area contributed by atoms with E-state index in [2.05, 4.69) is 32.9 Å². The van der Waals surface area contributed by atoms with Gasteiger partial charge in [0.05, 0.1) is 0 Å². The summed E-state index contributed by atoms with van der Waals surface area (Å²) in [5.41, 5.74) is 6.04. The number of rotatable bonds is 1. The Hall–Kier alpha value is -0.340. The van der Waals surface area contributed by atoms with Crippen molar-refractivity contribution in [3.05, 3.63) is 21.9 Å². The minimum atomic E-state index is 0.172. The van der Waals surface area contributed by atoms with E-state index in [0.29, 0.717) is 0 Å². The molecule has 68 valence electrons. The van der Waals surface area contributed by atoms with Gasteiger partial charge in [0.25, 0.3) is 0 Å². The molecule has 0 unspecified atom stereocenters. The minimum absolute atomic E-state index is 0.172. The van der Waals surface area contributed by atoms with Gasteiger partial charge < -0.3 is 5.73 Å². The first-order chi connectivity index (χ1) is 5.41. The standard InChI is InChI=1S/C10H17NS/c1-7(11)8-5-6-9(12-8)10(2,3)4/h5-7H,11H2,1-4H3/t7-/m1/s1. The molecule has 0 radical (unpaired) electrons. The molecule has 1 aromatic heterocycles. The molecule has 1 aromatic rings. The van der Waals surface area contributed by atoms with Gasteiger partial charge in [-0.3, -0.25) is 0 Å². The van der Waals surface area contributed by atoms with Crippen molar-refractivity contribution < 1.29 is 0 Å².